The van der Waals surface area contributed by atoms with Crippen LogP contribution in [0.2, 0.25) is 0 Å². The van der Waals surface area contributed by atoms with E-state index in [0.717, 1.165) is 50.4 Å². The Morgan fingerprint density at radius 1 is 0.655 bits per heavy atom. The van der Waals surface area contributed by atoms with Gasteiger partial charge in [0.25, 0.3) is 0 Å². The summed E-state index contributed by atoms with van der Waals surface area (Å²) in [4.78, 5) is 23.4. The summed E-state index contributed by atoms with van der Waals surface area (Å²) >= 11 is 0. The molecule has 0 aromatic carbocycles. The van der Waals surface area contributed by atoms with Gasteiger partial charge in [0.1, 0.15) is 0 Å². The number of carbonyl (C=O) groups is 2. The quantitative estimate of drug-likeness (QED) is 0.213. The summed E-state index contributed by atoms with van der Waals surface area (Å²) in [6.45, 7) is 9.58. The van der Waals surface area contributed by atoms with Gasteiger partial charge < -0.3 is 14.6 Å². The number of esters is 2. The second kappa shape index (κ2) is 18.9. The molecule has 0 radical (unpaired) electrons. The molecule has 1 atom stereocenters. The van der Waals surface area contributed by atoms with E-state index in [0.29, 0.717) is 13.2 Å². The van der Waals surface area contributed by atoms with Gasteiger partial charge in [-0.3, -0.25) is 4.79 Å². The van der Waals surface area contributed by atoms with Crippen molar-refractivity contribution in [3.63, 3.8) is 0 Å². The summed E-state index contributed by atoms with van der Waals surface area (Å²) in [5.74, 6) is 0.239. The maximum atomic E-state index is 11.7. The number of ether oxygens (including phenoxy) is 2. The molecule has 0 aliphatic heterocycles. The maximum absolute atomic E-state index is 11.7. The lowest BCUT2D eigenvalue weighted by Gasteiger charge is -2.11. The van der Waals surface area contributed by atoms with Crippen LogP contribution in [0.1, 0.15) is 111 Å². The molecule has 0 aromatic rings. The van der Waals surface area contributed by atoms with Crippen LogP contribution >= 0.6 is 0 Å². The summed E-state index contributed by atoms with van der Waals surface area (Å²) in [5, 5.41) is 9.78. The lowest BCUT2D eigenvalue weighted by Crippen LogP contribution is -2.27. The molecule has 0 amide bonds. The largest absolute Gasteiger partial charge is 0.466 e. The van der Waals surface area contributed by atoms with Gasteiger partial charge in [0.15, 0.2) is 6.10 Å². The molecule has 29 heavy (non-hydrogen) atoms. The Kier molecular flexibility index (Phi) is 18.2. The number of rotatable bonds is 19. The number of hydrogen-bond donors (Lipinski definition) is 1. The van der Waals surface area contributed by atoms with E-state index in [2.05, 4.69) is 27.7 Å². The monoisotopic (exact) mass is 414 g/mol. The standard InChI is InChI=1S/C24H46O5/c1-20(2)15-11-7-5-9-13-17-28-23(26)19-22(25)24(27)29-18-14-10-6-8-12-16-21(3)4/h20-22,25H,5-19H2,1-4H3. The molecule has 5 nitrogen and oxygen atoms in total. The molecule has 0 aliphatic carbocycles. The smallest absolute Gasteiger partial charge is 0.335 e. The molecule has 0 heterocycles. The first kappa shape index (κ1) is 27.9. The van der Waals surface area contributed by atoms with Crippen molar-refractivity contribution in [2.75, 3.05) is 13.2 Å². The molecular formula is C24H46O5. The molecule has 0 aliphatic rings. The number of hydrogen-bond acceptors (Lipinski definition) is 5. The summed E-state index contributed by atoms with van der Waals surface area (Å²) in [5.41, 5.74) is 0. The first-order chi connectivity index (χ1) is 13.8. The highest BCUT2D eigenvalue weighted by Crippen LogP contribution is 2.12. The van der Waals surface area contributed by atoms with Crippen LogP contribution in [0.25, 0.3) is 0 Å². The normalized spacial score (nSPS) is 12.4. The zero-order chi connectivity index (χ0) is 21.9. The second-order valence-corrected chi connectivity index (χ2v) is 9.01. The highest BCUT2D eigenvalue weighted by atomic mass is 16.6. The van der Waals surface area contributed by atoms with Crippen LogP contribution in [0.15, 0.2) is 0 Å². The topological polar surface area (TPSA) is 72.8 Å². The third-order valence-electron chi connectivity index (χ3n) is 4.99. The van der Waals surface area contributed by atoms with E-state index in [-0.39, 0.29) is 6.42 Å². The molecule has 5 heteroatoms. The second-order valence-electron chi connectivity index (χ2n) is 9.01. The van der Waals surface area contributed by atoms with Gasteiger partial charge in [0, 0.05) is 0 Å². The molecular weight excluding hydrogens is 368 g/mol. The minimum Gasteiger partial charge on any atom is -0.466 e. The lowest BCUT2D eigenvalue weighted by atomic mass is 10.0. The highest BCUT2D eigenvalue weighted by molar-refractivity contribution is 5.81. The maximum Gasteiger partial charge on any atom is 0.335 e. The molecule has 0 fully saturated rings. The SMILES string of the molecule is CC(C)CCCCCCCOC(=O)CC(O)C(=O)OCCCCCCCC(C)C. The lowest BCUT2D eigenvalue weighted by molar-refractivity contribution is -0.160. The number of carbonyl (C=O) groups excluding carboxylic acids is 2. The summed E-state index contributed by atoms with van der Waals surface area (Å²) in [6, 6.07) is 0. The predicted molar refractivity (Wildman–Crippen MR) is 118 cm³/mol. The van der Waals surface area contributed by atoms with Crippen molar-refractivity contribution < 1.29 is 24.2 Å². The fraction of sp³-hybridized carbons (Fsp3) is 0.917. The van der Waals surface area contributed by atoms with E-state index in [1.54, 1.807) is 0 Å². The molecule has 1 N–H and O–H groups in total. The fourth-order valence-electron chi connectivity index (χ4n) is 3.13. The molecule has 0 bridgehead atoms. The van der Waals surface area contributed by atoms with Crippen molar-refractivity contribution >= 4 is 11.9 Å². The van der Waals surface area contributed by atoms with Crippen LogP contribution in [0.5, 0.6) is 0 Å². The van der Waals surface area contributed by atoms with Gasteiger partial charge in [0.2, 0.25) is 0 Å². The van der Waals surface area contributed by atoms with Crippen LogP contribution in [0, 0.1) is 11.8 Å². The highest BCUT2D eigenvalue weighted by Gasteiger charge is 2.21. The van der Waals surface area contributed by atoms with E-state index in [4.69, 9.17) is 9.47 Å². The Labute approximate surface area is 178 Å². The zero-order valence-electron chi connectivity index (χ0n) is 19.4. The summed E-state index contributed by atoms with van der Waals surface area (Å²) < 4.78 is 10.1. The van der Waals surface area contributed by atoms with Gasteiger partial charge in [-0.2, -0.15) is 0 Å². The molecule has 0 saturated heterocycles. The van der Waals surface area contributed by atoms with Crippen molar-refractivity contribution in [3.05, 3.63) is 0 Å². The van der Waals surface area contributed by atoms with Crippen molar-refractivity contribution in [2.45, 2.75) is 117 Å². The number of aliphatic hydroxyl groups is 1. The average Bonchev–Trinajstić information content (AvgIpc) is 2.65. The first-order valence-corrected chi connectivity index (χ1v) is 11.8. The molecule has 172 valence electrons. The Bertz CT molecular complexity index is 406. The average molecular weight is 415 g/mol. The zero-order valence-corrected chi connectivity index (χ0v) is 19.4. The van der Waals surface area contributed by atoms with Crippen molar-refractivity contribution in [1.29, 1.82) is 0 Å². The van der Waals surface area contributed by atoms with Crippen molar-refractivity contribution in [3.8, 4) is 0 Å². The van der Waals surface area contributed by atoms with Crippen molar-refractivity contribution in [2.24, 2.45) is 11.8 Å². The van der Waals surface area contributed by atoms with Gasteiger partial charge in [-0.1, -0.05) is 91.9 Å². The van der Waals surface area contributed by atoms with Gasteiger partial charge in [-0.25, -0.2) is 4.79 Å². The predicted octanol–water partition coefficient (Wildman–Crippen LogP) is 5.82. The molecule has 0 aromatic heterocycles. The van der Waals surface area contributed by atoms with E-state index >= 15 is 0 Å². The van der Waals surface area contributed by atoms with Crippen LogP contribution in [-0.4, -0.2) is 36.4 Å². The first-order valence-electron chi connectivity index (χ1n) is 11.8. The fourth-order valence-corrected chi connectivity index (χ4v) is 3.13. The Balaban J connectivity index is 3.55. The van der Waals surface area contributed by atoms with Crippen LogP contribution in [0.3, 0.4) is 0 Å². The van der Waals surface area contributed by atoms with E-state index in [1.165, 1.54) is 38.5 Å². The van der Waals surface area contributed by atoms with Crippen LogP contribution < -0.4 is 0 Å². The van der Waals surface area contributed by atoms with Gasteiger partial charge in [-0.05, 0) is 24.7 Å². The van der Waals surface area contributed by atoms with Crippen LogP contribution in [-0.2, 0) is 19.1 Å². The van der Waals surface area contributed by atoms with E-state index in [1.807, 2.05) is 0 Å². The molecule has 0 rings (SSSR count). The number of aliphatic hydroxyl groups excluding tert-OH is 1. The Hall–Kier alpha value is -1.10. The summed E-state index contributed by atoms with van der Waals surface area (Å²) in [7, 11) is 0. The van der Waals surface area contributed by atoms with E-state index < -0.39 is 18.0 Å². The molecule has 0 saturated carbocycles. The minimum atomic E-state index is -1.43. The molecule has 1 unspecified atom stereocenters. The third-order valence-corrected chi connectivity index (χ3v) is 4.99. The Morgan fingerprint density at radius 2 is 1.07 bits per heavy atom. The van der Waals surface area contributed by atoms with Crippen molar-refractivity contribution in [1.82, 2.24) is 0 Å². The minimum absolute atomic E-state index is 0.298. The third kappa shape index (κ3) is 20.0. The van der Waals surface area contributed by atoms with E-state index in [9.17, 15) is 14.7 Å². The number of unbranched alkanes of at least 4 members (excludes halogenated alkanes) is 8. The van der Waals surface area contributed by atoms with Crippen LogP contribution in [0.4, 0.5) is 0 Å². The van der Waals surface area contributed by atoms with Gasteiger partial charge in [-0.15, -0.1) is 0 Å². The summed E-state index contributed by atoms with van der Waals surface area (Å²) in [6.07, 6.45) is 11.6. The molecule has 0 spiro atoms. The van der Waals surface area contributed by atoms with Gasteiger partial charge in [0.05, 0.1) is 19.6 Å². The van der Waals surface area contributed by atoms with Gasteiger partial charge >= 0.3 is 11.9 Å². The Morgan fingerprint density at radius 3 is 1.55 bits per heavy atom.